The normalized spacial score (nSPS) is 14.1. The standard InChI is InChI=1S/C27H27FN4OS/c1-18-19(2)34-26-24(18)25(29-23(30-26)12-11-20-7-4-3-5-8-20)31-13-15-32(16-14-31)27(33)21-9-6-10-22(28)17-21/h3-10,17H,11-16H2,1-2H3. The van der Waals surface area contributed by atoms with E-state index in [1.807, 2.05) is 6.07 Å². The number of fused-ring (bicyclic) bond motifs is 1. The molecule has 5 rings (SSSR count). The monoisotopic (exact) mass is 474 g/mol. The maximum atomic E-state index is 13.6. The highest BCUT2D eigenvalue weighted by Gasteiger charge is 2.26. The van der Waals surface area contributed by atoms with Gasteiger partial charge in [-0.3, -0.25) is 4.79 Å². The topological polar surface area (TPSA) is 49.3 Å². The third kappa shape index (κ3) is 4.53. The van der Waals surface area contributed by atoms with Gasteiger partial charge in [0.2, 0.25) is 0 Å². The average Bonchev–Trinajstić information content (AvgIpc) is 3.15. The number of aromatic nitrogens is 2. The average molecular weight is 475 g/mol. The van der Waals surface area contributed by atoms with Crippen LogP contribution in [0.4, 0.5) is 10.2 Å². The lowest BCUT2D eigenvalue weighted by Crippen LogP contribution is -2.49. The Morgan fingerprint density at radius 2 is 1.74 bits per heavy atom. The third-order valence-corrected chi connectivity index (χ3v) is 7.58. The summed E-state index contributed by atoms with van der Waals surface area (Å²) in [6.45, 7) is 6.77. The van der Waals surface area contributed by atoms with Crippen LogP contribution in [0.5, 0.6) is 0 Å². The summed E-state index contributed by atoms with van der Waals surface area (Å²) in [4.78, 5) is 29.1. The van der Waals surface area contributed by atoms with Gasteiger partial charge in [-0.15, -0.1) is 11.3 Å². The first-order valence-electron chi connectivity index (χ1n) is 11.6. The van der Waals surface area contributed by atoms with Gasteiger partial charge in [-0.05, 0) is 49.6 Å². The van der Waals surface area contributed by atoms with Crippen molar-refractivity contribution in [3.05, 3.63) is 87.8 Å². The molecule has 34 heavy (non-hydrogen) atoms. The molecule has 0 atom stereocenters. The summed E-state index contributed by atoms with van der Waals surface area (Å²) >= 11 is 1.72. The molecule has 5 nitrogen and oxygen atoms in total. The molecule has 1 aliphatic rings. The molecular weight excluding hydrogens is 447 g/mol. The summed E-state index contributed by atoms with van der Waals surface area (Å²) in [5.74, 6) is 1.30. The molecule has 1 amide bonds. The van der Waals surface area contributed by atoms with Crippen molar-refractivity contribution in [3.8, 4) is 0 Å². The number of anilines is 1. The van der Waals surface area contributed by atoms with Gasteiger partial charge in [0.25, 0.3) is 5.91 Å². The van der Waals surface area contributed by atoms with Gasteiger partial charge in [0.05, 0.1) is 5.39 Å². The smallest absolute Gasteiger partial charge is 0.254 e. The number of piperazine rings is 1. The van der Waals surface area contributed by atoms with Crippen LogP contribution in [0.25, 0.3) is 10.2 Å². The number of carbonyl (C=O) groups excluding carboxylic acids is 1. The van der Waals surface area contributed by atoms with Crippen molar-refractivity contribution >= 4 is 33.3 Å². The largest absolute Gasteiger partial charge is 0.352 e. The van der Waals surface area contributed by atoms with Crippen molar-refractivity contribution in [3.63, 3.8) is 0 Å². The molecule has 3 heterocycles. The number of amides is 1. The molecule has 1 saturated heterocycles. The minimum Gasteiger partial charge on any atom is -0.352 e. The van der Waals surface area contributed by atoms with Crippen molar-refractivity contribution < 1.29 is 9.18 Å². The van der Waals surface area contributed by atoms with Crippen molar-refractivity contribution in [2.45, 2.75) is 26.7 Å². The first-order chi connectivity index (χ1) is 16.5. The van der Waals surface area contributed by atoms with Crippen LogP contribution in [0.1, 0.15) is 32.2 Å². The van der Waals surface area contributed by atoms with Gasteiger partial charge < -0.3 is 9.80 Å². The van der Waals surface area contributed by atoms with Crippen LogP contribution in [0.2, 0.25) is 0 Å². The second-order valence-electron chi connectivity index (χ2n) is 8.70. The lowest BCUT2D eigenvalue weighted by molar-refractivity contribution is 0.0746. The van der Waals surface area contributed by atoms with Crippen LogP contribution in [0, 0.1) is 19.7 Å². The minimum absolute atomic E-state index is 0.127. The Morgan fingerprint density at radius 3 is 2.47 bits per heavy atom. The maximum Gasteiger partial charge on any atom is 0.254 e. The highest BCUT2D eigenvalue weighted by Crippen LogP contribution is 2.35. The molecule has 2 aromatic carbocycles. The van der Waals surface area contributed by atoms with Gasteiger partial charge >= 0.3 is 0 Å². The molecular formula is C27H27FN4OS. The number of hydrogen-bond donors (Lipinski definition) is 0. The van der Waals surface area contributed by atoms with Gasteiger partial charge in [-0.1, -0.05) is 36.4 Å². The predicted octanol–water partition coefficient (Wildman–Crippen LogP) is 5.19. The minimum atomic E-state index is -0.390. The van der Waals surface area contributed by atoms with Crippen LogP contribution < -0.4 is 4.90 Å². The van der Waals surface area contributed by atoms with E-state index in [1.54, 1.807) is 28.4 Å². The van der Waals surface area contributed by atoms with Gasteiger partial charge in [0.1, 0.15) is 22.3 Å². The predicted molar refractivity (Wildman–Crippen MR) is 135 cm³/mol. The lowest BCUT2D eigenvalue weighted by atomic mass is 10.1. The summed E-state index contributed by atoms with van der Waals surface area (Å²) in [6, 6.07) is 16.3. The highest BCUT2D eigenvalue weighted by atomic mass is 32.1. The summed E-state index contributed by atoms with van der Waals surface area (Å²) in [7, 11) is 0. The van der Waals surface area contributed by atoms with Crippen LogP contribution in [0.3, 0.4) is 0 Å². The summed E-state index contributed by atoms with van der Waals surface area (Å²) in [6.07, 6.45) is 1.67. The Bertz CT molecular complexity index is 1330. The van der Waals surface area contributed by atoms with Crippen molar-refractivity contribution in [1.82, 2.24) is 14.9 Å². The van der Waals surface area contributed by atoms with E-state index in [4.69, 9.17) is 9.97 Å². The molecule has 0 aliphatic carbocycles. The number of nitrogens with zero attached hydrogens (tertiary/aromatic N) is 4. The third-order valence-electron chi connectivity index (χ3n) is 6.47. The van der Waals surface area contributed by atoms with E-state index >= 15 is 0 Å². The SMILES string of the molecule is Cc1sc2nc(CCc3ccccc3)nc(N3CCN(C(=O)c4cccc(F)c4)CC3)c2c1C. The van der Waals surface area contributed by atoms with Crippen LogP contribution >= 0.6 is 11.3 Å². The number of hydrogen-bond acceptors (Lipinski definition) is 5. The van der Waals surface area contributed by atoms with Gasteiger partial charge in [-0.25, -0.2) is 14.4 Å². The van der Waals surface area contributed by atoms with E-state index in [-0.39, 0.29) is 11.7 Å². The Balaban J connectivity index is 1.37. The molecule has 174 valence electrons. The quantitative estimate of drug-likeness (QED) is 0.399. The summed E-state index contributed by atoms with van der Waals surface area (Å²) in [5, 5.41) is 1.12. The molecule has 0 N–H and O–H groups in total. The molecule has 2 aromatic heterocycles. The molecule has 0 bridgehead atoms. The van der Waals surface area contributed by atoms with Gasteiger partial charge in [0, 0.05) is 43.0 Å². The number of thiophene rings is 1. The van der Waals surface area contributed by atoms with E-state index in [2.05, 4.69) is 43.0 Å². The van der Waals surface area contributed by atoms with Gasteiger partial charge in [-0.2, -0.15) is 0 Å². The lowest BCUT2D eigenvalue weighted by Gasteiger charge is -2.36. The van der Waals surface area contributed by atoms with E-state index in [0.717, 1.165) is 34.7 Å². The molecule has 4 aromatic rings. The Labute approximate surface area is 202 Å². The number of aryl methyl sites for hydroxylation is 4. The Hall–Kier alpha value is -3.32. The zero-order chi connectivity index (χ0) is 23.7. The molecule has 0 unspecified atom stereocenters. The fourth-order valence-electron chi connectivity index (χ4n) is 4.44. The number of rotatable bonds is 5. The Morgan fingerprint density at radius 1 is 0.971 bits per heavy atom. The number of benzene rings is 2. The zero-order valence-electron chi connectivity index (χ0n) is 19.4. The van der Waals surface area contributed by atoms with E-state index in [9.17, 15) is 9.18 Å². The van der Waals surface area contributed by atoms with Crippen molar-refractivity contribution in [2.75, 3.05) is 31.1 Å². The zero-order valence-corrected chi connectivity index (χ0v) is 20.2. The fourth-order valence-corrected chi connectivity index (χ4v) is 5.48. The molecule has 1 fully saturated rings. The van der Waals surface area contributed by atoms with Crippen LogP contribution in [-0.4, -0.2) is 47.0 Å². The van der Waals surface area contributed by atoms with E-state index in [0.29, 0.717) is 31.7 Å². The molecule has 0 radical (unpaired) electrons. The molecule has 0 spiro atoms. The van der Waals surface area contributed by atoms with Crippen LogP contribution in [-0.2, 0) is 12.8 Å². The molecule has 1 aliphatic heterocycles. The fraction of sp³-hybridized carbons (Fsp3) is 0.296. The first kappa shape index (κ1) is 22.5. The van der Waals surface area contributed by atoms with Crippen LogP contribution in [0.15, 0.2) is 54.6 Å². The Kier molecular flexibility index (Phi) is 6.28. The number of halogens is 1. The van der Waals surface area contributed by atoms with Gasteiger partial charge in [0.15, 0.2) is 0 Å². The summed E-state index contributed by atoms with van der Waals surface area (Å²) < 4.78 is 13.6. The second kappa shape index (κ2) is 9.50. The second-order valence-corrected chi connectivity index (χ2v) is 9.91. The number of carbonyl (C=O) groups is 1. The van der Waals surface area contributed by atoms with Crippen molar-refractivity contribution in [1.29, 1.82) is 0 Å². The summed E-state index contributed by atoms with van der Waals surface area (Å²) in [5.41, 5.74) is 2.89. The van der Waals surface area contributed by atoms with E-state index < -0.39 is 0 Å². The maximum absolute atomic E-state index is 13.6. The molecule has 7 heteroatoms. The van der Waals surface area contributed by atoms with Crippen molar-refractivity contribution in [2.24, 2.45) is 0 Å². The van der Waals surface area contributed by atoms with E-state index in [1.165, 1.54) is 28.1 Å². The first-order valence-corrected chi connectivity index (χ1v) is 12.4. The molecule has 0 saturated carbocycles. The highest BCUT2D eigenvalue weighted by molar-refractivity contribution is 7.18.